The maximum Gasteiger partial charge on any atom is 0.135 e. The number of rotatable bonds is 2. The number of hydrogen-bond donors (Lipinski definition) is 0. The van der Waals surface area contributed by atoms with Crippen LogP contribution in [0.4, 0.5) is 0 Å². The summed E-state index contributed by atoms with van der Waals surface area (Å²) in [4.78, 5) is 13.8. The van der Waals surface area contributed by atoms with E-state index in [2.05, 4.69) is 24.0 Å². The molecule has 2 rings (SSSR count). The Labute approximate surface area is 92.3 Å². The molecule has 0 aromatic heterocycles. The lowest BCUT2D eigenvalue weighted by Gasteiger charge is -2.35. The molecular formula is C13H21NO. The van der Waals surface area contributed by atoms with E-state index in [1.807, 2.05) is 0 Å². The van der Waals surface area contributed by atoms with Crippen molar-refractivity contribution >= 4 is 5.78 Å². The van der Waals surface area contributed by atoms with Gasteiger partial charge in [-0.1, -0.05) is 12.2 Å². The lowest BCUT2D eigenvalue weighted by molar-refractivity contribution is -0.123. The van der Waals surface area contributed by atoms with Gasteiger partial charge in [0.1, 0.15) is 5.78 Å². The van der Waals surface area contributed by atoms with Gasteiger partial charge in [0.2, 0.25) is 0 Å². The maximum absolute atomic E-state index is 11.3. The summed E-state index contributed by atoms with van der Waals surface area (Å²) in [7, 11) is 0. The Bertz CT molecular complexity index is 259. The summed E-state index contributed by atoms with van der Waals surface area (Å²) in [6, 6.07) is 0.470. The largest absolute Gasteiger partial charge is 0.300 e. The average Bonchev–Trinajstić information content (AvgIpc) is 2.24. The van der Waals surface area contributed by atoms with E-state index in [0.717, 1.165) is 25.3 Å². The van der Waals surface area contributed by atoms with Crippen LogP contribution in [0, 0.1) is 5.92 Å². The molecule has 0 radical (unpaired) electrons. The molecule has 1 heterocycles. The van der Waals surface area contributed by atoms with E-state index in [1.165, 1.54) is 25.8 Å². The van der Waals surface area contributed by atoms with Gasteiger partial charge in [-0.25, -0.2) is 0 Å². The molecule has 1 saturated heterocycles. The molecule has 0 amide bonds. The van der Waals surface area contributed by atoms with Gasteiger partial charge in [-0.3, -0.25) is 9.69 Å². The van der Waals surface area contributed by atoms with Gasteiger partial charge in [-0.15, -0.1) is 0 Å². The van der Waals surface area contributed by atoms with Crippen molar-refractivity contribution in [3.05, 3.63) is 12.2 Å². The Morgan fingerprint density at radius 2 is 2.33 bits per heavy atom. The SMILES string of the molecule is CC1CC(=O)CCN1CC1CC=CCC1. The van der Waals surface area contributed by atoms with Crippen LogP contribution in [0.2, 0.25) is 0 Å². The quantitative estimate of drug-likeness (QED) is 0.648. The van der Waals surface area contributed by atoms with Crippen LogP contribution in [0.25, 0.3) is 0 Å². The number of likely N-dealkylation sites (tertiary alicyclic amines) is 1. The van der Waals surface area contributed by atoms with E-state index in [9.17, 15) is 4.79 Å². The van der Waals surface area contributed by atoms with E-state index in [0.29, 0.717) is 11.8 Å². The lowest BCUT2D eigenvalue weighted by atomic mass is 9.92. The Morgan fingerprint density at radius 1 is 1.47 bits per heavy atom. The molecule has 0 spiro atoms. The van der Waals surface area contributed by atoms with Gasteiger partial charge < -0.3 is 0 Å². The third-order valence-electron chi connectivity index (χ3n) is 3.69. The summed E-state index contributed by atoms with van der Waals surface area (Å²) in [6.45, 7) is 4.37. The van der Waals surface area contributed by atoms with Crippen molar-refractivity contribution < 1.29 is 4.79 Å². The first-order valence-electron chi connectivity index (χ1n) is 6.16. The first kappa shape index (κ1) is 10.9. The van der Waals surface area contributed by atoms with Crippen LogP contribution in [0.1, 0.15) is 39.0 Å². The zero-order chi connectivity index (χ0) is 10.7. The van der Waals surface area contributed by atoms with Crippen molar-refractivity contribution in [3.63, 3.8) is 0 Å². The zero-order valence-corrected chi connectivity index (χ0v) is 9.61. The molecule has 0 aromatic rings. The molecule has 2 aliphatic rings. The van der Waals surface area contributed by atoms with Crippen molar-refractivity contribution in [2.24, 2.45) is 5.92 Å². The first-order valence-corrected chi connectivity index (χ1v) is 6.16. The van der Waals surface area contributed by atoms with Gasteiger partial charge in [0, 0.05) is 32.0 Å². The summed E-state index contributed by atoms with van der Waals surface area (Å²) in [5.41, 5.74) is 0. The number of piperidine rings is 1. The second-order valence-corrected chi connectivity index (χ2v) is 4.99. The molecule has 0 aromatic carbocycles. The van der Waals surface area contributed by atoms with Crippen molar-refractivity contribution in [1.29, 1.82) is 0 Å². The van der Waals surface area contributed by atoms with Crippen LogP contribution in [-0.2, 0) is 4.79 Å². The van der Waals surface area contributed by atoms with Crippen LogP contribution in [-0.4, -0.2) is 29.8 Å². The number of carbonyl (C=O) groups excluding carboxylic acids is 1. The van der Waals surface area contributed by atoms with Gasteiger partial charge in [0.15, 0.2) is 0 Å². The highest BCUT2D eigenvalue weighted by Gasteiger charge is 2.25. The minimum atomic E-state index is 0.447. The molecule has 2 atom stereocenters. The predicted molar refractivity (Wildman–Crippen MR) is 61.8 cm³/mol. The van der Waals surface area contributed by atoms with Crippen LogP contribution in [0.5, 0.6) is 0 Å². The Morgan fingerprint density at radius 3 is 3.00 bits per heavy atom. The third-order valence-corrected chi connectivity index (χ3v) is 3.69. The van der Waals surface area contributed by atoms with E-state index < -0.39 is 0 Å². The van der Waals surface area contributed by atoms with Gasteiger partial charge in [0.25, 0.3) is 0 Å². The Kier molecular flexibility index (Phi) is 3.57. The van der Waals surface area contributed by atoms with Crippen molar-refractivity contribution in [1.82, 2.24) is 4.90 Å². The zero-order valence-electron chi connectivity index (χ0n) is 9.61. The maximum atomic E-state index is 11.3. The monoisotopic (exact) mass is 207 g/mol. The molecule has 15 heavy (non-hydrogen) atoms. The van der Waals surface area contributed by atoms with Crippen molar-refractivity contribution in [2.45, 2.75) is 45.1 Å². The average molecular weight is 207 g/mol. The fourth-order valence-corrected chi connectivity index (χ4v) is 2.67. The summed E-state index contributed by atoms with van der Waals surface area (Å²) < 4.78 is 0. The number of carbonyl (C=O) groups is 1. The highest BCUT2D eigenvalue weighted by atomic mass is 16.1. The second-order valence-electron chi connectivity index (χ2n) is 4.99. The molecule has 0 bridgehead atoms. The third kappa shape index (κ3) is 2.91. The lowest BCUT2D eigenvalue weighted by Crippen LogP contribution is -2.43. The summed E-state index contributed by atoms with van der Waals surface area (Å²) >= 11 is 0. The predicted octanol–water partition coefficient (Wildman–Crippen LogP) is 2.40. The van der Waals surface area contributed by atoms with Gasteiger partial charge in [-0.2, -0.15) is 0 Å². The molecule has 1 aliphatic carbocycles. The minimum absolute atomic E-state index is 0.447. The van der Waals surface area contributed by atoms with E-state index in [1.54, 1.807) is 0 Å². The van der Waals surface area contributed by atoms with Gasteiger partial charge in [-0.05, 0) is 32.1 Å². The number of nitrogens with zero attached hydrogens (tertiary/aromatic N) is 1. The van der Waals surface area contributed by atoms with E-state index >= 15 is 0 Å². The van der Waals surface area contributed by atoms with Crippen LogP contribution < -0.4 is 0 Å². The van der Waals surface area contributed by atoms with Crippen LogP contribution in [0.15, 0.2) is 12.2 Å². The number of allylic oxidation sites excluding steroid dienone is 2. The number of ketones is 1. The Hall–Kier alpha value is -0.630. The standard InChI is InChI=1S/C13H21NO/c1-11-9-13(15)7-8-14(11)10-12-5-3-2-4-6-12/h2-3,11-12H,4-10H2,1H3. The topological polar surface area (TPSA) is 20.3 Å². The molecule has 0 N–H and O–H groups in total. The number of hydrogen-bond acceptors (Lipinski definition) is 2. The molecule has 2 heteroatoms. The smallest absolute Gasteiger partial charge is 0.135 e. The molecule has 84 valence electrons. The van der Waals surface area contributed by atoms with Crippen molar-refractivity contribution in [3.8, 4) is 0 Å². The van der Waals surface area contributed by atoms with Gasteiger partial charge in [0.05, 0.1) is 0 Å². The molecule has 2 nitrogen and oxygen atoms in total. The molecular weight excluding hydrogens is 186 g/mol. The fourth-order valence-electron chi connectivity index (χ4n) is 2.67. The van der Waals surface area contributed by atoms with Crippen LogP contribution in [0.3, 0.4) is 0 Å². The molecule has 1 aliphatic heterocycles. The molecule has 1 fully saturated rings. The van der Waals surface area contributed by atoms with E-state index in [-0.39, 0.29) is 0 Å². The summed E-state index contributed by atoms with van der Waals surface area (Å²) in [6.07, 6.45) is 9.94. The fraction of sp³-hybridized carbons (Fsp3) is 0.769. The highest BCUT2D eigenvalue weighted by molar-refractivity contribution is 5.79. The summed E-state index contributed by atoms with van der Waals surface area (Å²) in [5, 5.41) is 0. The second kappa shape index (κ2) is 4.93. The van der Waals surface area contributed by atoms with Crippen LogP contribution >= 0.6 is 0 Å². The molecule has 0 saturated carbocycles. The Balaban J connectivity index is 1.83. The van der Waals surface area contributed by atoms with Crippen molar-refractivity contribution in [2.75, 3.05) is 13.1 Å². The number of Topliss-reactive ketones (excluding diaryl/α,β-unsaturated/α-hetero) is 1. The molecule has 2 unspecified atom stereocenters. The minimum Gasteiger partial charge on any atom is -0.300 e. The normalized spacial score (nSPS) is 33.3. The first-order chi connectivity index (χ1) is 7.25. The highest BCUT2D eigenvalue weighted by Crippen LogP contribution is 2.22. The summed E-state index contributed by atoms with van der Waals surface area (Å²) in [5.74, 6) is 1.27. The van der Waals surface area contributed by atoms with Gasteiger partial charge >= 0.3 is 0 Å². The van der Waals surface area contributed by atoms with E-state index in [4.69, 9.17) is 0 Å².